The molecule has 10 heteroatoms. The maximum atomic E-state index is 12.9. The standard InChI is InChI=1S/C24H28N2O8/c1-32-21(29)11-9-17-18(13-22(30)33-2)19(12-16(27)8-10-20(25)28)26-23(17)24(31)34-14-15-6-4-3-5-7-15/h3-7,26H,8-14H2,1-2H3,(H2,25,28). The van der Waals surface area contributed by atoms with Crippen molar-refractivity contribution < 1.29 is 38.2 Å². The minimum absolute atomic E-state index is 0.00828. The second-order valence-corrected chi connectivity index (χ2v) is 7.51. The van der Waals surface area contributed by atoms with Crippen molar-refractivity contribution in [2.45, 2.75) is 45.1 Å². The Morgan fingerprint density at radius 3 is 2.15 bits per heavy atom. The molecule has 1 aromatic heterocycles. The molecule has 0 saturated carbocycles. The van der Waals surface area contributed by atoms with Crippen molar-refractivity contribution in [3.63, 3.8) is 0 Å². The van der Waals surface area contributed by atoms with Gasteiger partial charge in [0.25, 0.3) is 0 Å². The maximum absolute atomic E-state index is 12.9. The van der Waals surface area contributed by atoms with Crippen LogP contribution >= 0.6 is 0 Å². The van der Waals surface area contributed by atoms with Crippen molar-refractivity contribution in [2.75, 3.05) is 14.2 Å². The summed E-state index contributed by atoms with van der Waals surface area (Å²) < 4.78 is 14.9. The molecule has 34 heavy (non-hydrogen) atoms. The smallest absolute Gasteiger partial charge is 0.355 e. The van der Waals surface area contributed by atoms with Crippen LogP contribution in [0, 0.1) is 0 Å². The van der Waals surface area contributed by atoms with Gasteiger partial charge in [0.2, 0.25) is 5.91 Å². The third kappa shape index (κ3) is 7.88. The van der Waals surface area contributed by atoms with Crippen LogP contribution in [-0.4, -0.2) is 48.8 Å². The summed E-state index contributed by atoms with van der Waals surface area (Å²) in [5.41, 5.74) is 6.97. The first-order valence-corrected chi connectivity index (χ1v) is 10.6. The number of aromatic amines is 1. The van der Waals surface area contributed by atoms with E-state index in [1.54, 1.807) is 12.1 Å². The maximum Gasteiger partial charge on any atom is 0.355 e. The second-order valence-electron chi connectivity index (χ2n) is 7.51. The van der Waals surface area contributed by atoms with Crippen molar-refractivity contribution in [2.24, 2.45) is 5.73 Å². The number of ketones is 1. The van der Waals surface area contributed by atoms with Crippen LogP contribution in [0.1, 0.15) is 52.1 Å². The first kappa shape index (κ1) is 26.3. The fourth-order valence-electron chi connectivity index (χ4n) is 3.34. The topological polar surface area (TPSA) is 155 Å². The van der Waals surface area contributed by atoms with Gasteiger partial charge in [-0.25, -0.2) is 4.79 Å². The summed E-state index contributed by atoms with van der Waals surface area (Å²) in [6.07, 6.45) is -0.591. The average Bonchev–Trinajstić information content (AvgIpc) is 3.16. The summed E-state index contributed by atoms with van der Waals surface area (Å²) >= 11 is 0. The van der Waals surface area contributed by atoms with E-state index >= 15 is 0 Å². The van der Waals surface area contributed by atoms with E-state index in [-0.39, 0.29) is 56.6 Å². The molecule has 2 aromatic rings. The summed E-state index contributed by atoms with van der Waals surface area (Å²) in [7, 11) is 2.46. The van der Waals surface area contributed by atoms with Crippen LogP contribution in [0.4, 0.5) is 0 Å². The van der Waals surface area contributed by atoms with Crippen molar-refractivity contribution in [1.29, 1.82) is 0 Å². The highest BCUT2D eigenvalue weighted by molar-refractivity contribution is 5.92. The molecule has 0 fully saturated rings. The van der Waals surface area contributed by atoms with Crippen LogP contribution in [0.3, 0.4) is 0 Å². The molecule has 0 bridgehead atoms. The van der Waals surface area contributed by atoms with Crippen molar-refractivity contribution in [1.82, 2.24) is 4.98 Å². The number of esters is 3. The molecule has 0 aliphatic rings. The number of benzene rings is 1. The van der Waals surface area contributed by atoms with E-state index in [0.29, 0.717) is 16.8 Å². The SMILES string of the molecule is COC(=O)CCc1c(C(=O)OCc2ccccc2)[nH]c(CC(=O)CCC(N)=O)c1CC(=O)OC. The lowest BCUT2D eigenvalue weighted by atomic mass is 9.98. The minimum atomic E-state index is -0.703. The van der Waals surface area contributed by atoms with Gasteiger partial charge in [-0.15, -0.1) is 0 Å². The van der Waals surface area contributed by atoms with E-state index in [2.05, 4.69) is 4.98 Å². The summed E-state index contributed by atoms with van der Waals surface area (Å²) in [4.78, 5) is 63.1. The zero-order valence-electron chi connectivity index (χ0n) is 19.2. The average molecular weight is 472 g/mol. The number of carbonyl (C=O) groups is 5. The number of hydrogen-bond donors (Lipinski definition) is 2. The molecule has 182 valence electrons. The Kier molecular flexibility index (Phi) is 10.0. The van der Waals surface area contributed by atoms with Crippen molar-refractivity contribution in [3.8, 4) is 0 Å². The molecule has 2 rings (SSSR count). The number of amides is 1. The normalized spacial score (nSPS) is 10.4. The molecular weight excluding hydrogens is 444 g/mol. The molecule has 0 atom stereocenters. The molecule has 1 aromatic carbocycles. The summed E-state index contributed by atoms with van der Waals surface area (Å²) in [6.45, 7) is 0.00828. The molecule has 0 aliphatic carbocycles. The van der Waals surface area contributed by atoms with Crippen molar-refractivity contribution >= 4 is 29.6 Å². The zero-order valence-corrected chi connectivity index (χ0v) is 19.2. The van der Waals surface area contributed by atoms with Crippen LogP contribution in [0.25, 0.3) is 0 Å². The number of methoxy groups -OCH3 is 2. The third-order valence-electron chi connectivity index (χ3n) is 5.10. The van der Waals surface area contributed by atoms with Gasteiger partial charge in [-0.3, -0.25) is 19.2 Å². The third-order valence-corrected chi connectivity index (χ3v) is 5.10. The number of carbonyl (C=O) groups excluding carboxylic acids is 5. The van der Waals surface area contributed by atoms with Gasteiger partial charge in [0, 0.05) is 31.4 Å². The number of nitrogens with two attached hydrogens (primary N) is 1. The number of ether oxygens (including phenoxy) is 3. The van der Waals surface area contributed by atoms with Crippen molar-refractivity contribution in [3.05, 3.63) is 58.4 Å². The number of primary amides is 1. The van der Waals surface area contributed by atoms with Crippen LogP contribution in [0.5, 0.6) is 0 Å². The van der Waals surface area contributed by atoms with Crippen LogP contribution in [-0.2, 0) is 59.3 Å². The fraction of sp³-hybridized carbons (Fsp3) is 0.375. The lowest BCUT2D eigenvalue weighted by Gasteiger charge is -2.08. The van der Waals surface area contributed by atoms with E-state index in [4.69, 9.17) is 19.9 Å². The molecule has 10 nitrogen and oxygen atoms in total. The van der Waals surface area contributed by atoms with Gasteiger partial charge in [0.15, 0.2) is 0 Å². The molecule has 0 saturated heterocycles. The predicted molar refractivity (Wildman–Crippen MR) is 120 cm³/mol. The van der Waals surface area contributed by atoms with Gasteiger partial charge in [0.05, 0.1) is 20.6 Å². The second kappa shape index (κ2) is 12.9. The number of aromatic nitrogens is 1. The Hall–Kier alpha value is -3.95. The molecule has 1 amide bonds. The Balaban J connectivity index is 2.39. The Labute approximate surface area is 196 Å². The molecule has 0 aliphatic heterocycles. The van der Waals surface area contributed by atoms with Gasteiger partial charge in [0.1, 0.15) is 18.1 Å². The molecular formula is C24H28N2O8. The lowest BCUT2D eigenvalue weighted by molar-refractivity contribution is -0.141. The van der Waals surface area contributed by atoms with Crippen LogP contribution in [0.15, 0.2) is 30.3 Å². The molecule has 0 spiro atoms. The van der Waals surface area contributed by atoms with E-state index < -0.39 is 23.8 Å². The summed E-state index contributed by atoms with van der Waals surface area (Å²) in [5.74, 6) is -2.72. The van der Waals surface area contributed by atoms with Gasteiger partial charge >= 0.3 is 17.9 Å². The van der Waals surface area contributed by atoms with E-state index in [0.717, 1.165) is 5.56 Å². The first-order chi connectivity index (χ1) is 16.2. The minimum Gasteiger partial charge on any atom is -0.469 e. The first-order valence-electron chi connectivity index (χ1n) is 10.6. The number of nitrogens with one attached hydrogen (secondary N) is 1. The molecule has 3 N–H and O–H groups in total. The zero-order chi connectivity index (χ0) is 25.1. The van der Waals surface area contributed by atoms with E-state index in [1.807, 2.05) is 18.2 Å². The number of hydrogen-bond acceptors (Lipinski definition) is 8. The van der Waals surface area contributed by atoms with Crippen LogP contribution < -0.4 is 5.73 Å². The Morgan fingerprint density at radius 1 is 0.853 bits per heavy atom. The number of rotatable bonds is 13. The molecule has 0 unspecified atom stereocenters. The quantitative estimate of drug-likeness (QED) is 0.329. The van der Waals surface area contributed by atoms with Gasteiger partial charge < -0.3 is 24.9 Å². The van der Waals surface area contributed by atoms with Gasteiger partial charge in [-0.1, -0.05) is 30.3 Å². The predicted octanol–water partition coefficient (Wildman–Crippen LogP) is 1.57. The Morgan fingerprint density at radius 2 is 1.53 bits per heavy atom. The van der Waals surface area contributed by atoms with E-state index in [9.17, 15) is 24.0 Å². The monoisotopic (exact) mass is 472 g/mol. The lowest BCUT2D eigenvalue weighted by Crippen LogP contribution is -2.15. The highest BCUT2D eigenvalue weighted by Crippen LogP contribution is 2.25. The summed E-state index contributed by atoms with van der Waals surface area (Å²) in [6, 6.07) is 9.05. The molecule has 1 heterocycles. The van der Waals surface area contributed by atoms with E-state index in [1.165, 1.54) is 14.2 Å². The number of Topliss-reactive ketones (excluding diaryl/α,β-unsaturated/α-hetero) is 1. The Bertz CT molecular complexity index is 1040. The van der Waals surface area contributed by atoms with Gasteiger partial charge in [-0.2, -0.15) is 0 Å². The summed E-state index contributed by atoms with van der Waals surface area (Å²) in [5, 5.41) is 0. The number of H-pyrrole nitrogens is 1. The highest BCUT2D eigenvalue weighted by atomic mass is 16.5. The molecule has 0 radical (unpaired) electrons. The largest absolute Gasteiger partial charge is 0.469 e. The fourth-order valence-corrected chi connectivity index (χ4v) is 3.34. The highest BCUT2D eigenvalue weighted by Gasteiger charge is 2.26. The van der Waals surface area contributed by atoms with Gasteiger partial charge in [-0.05, 0) is 23.1 Å². The van der Waals surface area contributed by atoms with Crippen LogP contribution in [0.2, 0.25) is 0 Å².